The number of rotatable bonds is 5. The van der Waals surface area contributed by atoms with Crippen LogP contribution in [0.15, 0.2) is 48.5 Å². The van der Waals surface area contributed by atoms with Crippen LogP contribution in [0.4, 0.5) is 0 Å². The van der Waals surface area contributed by atoms with Crippen LogP contribution in [0.25, 0.3) is 0 Å². The molecule has 0 aromatic heterocycles. The SMILES string of the molecule is COCCc1ccc(C(Cl)c2ccc(Cl)cc2)cc1. The van der Waals surface area contributed by atoms with Crippen molar-refractivity contribution >= 4 is 23.2 Å². The van der Waals surface area contributed by atoms with Gasteiger partial charge < -0.3 is 4.74 Å². The summed E-state index contributed by atoms with van der Waals surface area (Å²) in [5.41, 5.74) is 3.39. The van der Waals surface area contributed by atoms with Crippen molar-refractivity contribution in [3.8, 4) is 0 Å². The highest BCUT2D eigenvalue weighted by Gasteiger charge is 2.10. The van der Waals surface area contributed by atoms with E-state index in [-0.39, 0.29) is 5.38 Å². The molecule has 1 unspecified atom stereocenters. The number of hydrogen-bond acceptors (Lipinski definition) is 1. The fourth-order valence-corrected chi connectivity index (χ4v) is 2.31. The first kappa shape index (κ1) is 14.4. The summed E-state index contributed by atoms with van der Waals surface area (Å²) in [4.78, 5) is 0. The highest BCUT2D eigenvalue weighted by Crippen LogP contribution is 2.29. The van der Waals surface area contributed by atoms with E-state index in [0.29, 0.717) is 0 Å². The van der Waals surface area contributed by atoms with E-state index >= 15 is 0 Å². The summed E-state index contributed by atoms with van der Waals surface area (Å²) < 4.78 is 5.07. The van der Waals surface area contributed by atoms with Gasteiger partial charge in [-0.05, 0) is 35.2 Å². The molecule has 0 aliphatic rings. The Morgan fingerprint density at radius 3 is 2.00 bits per heavy atom. The highest BCUT2D eigenvalue weighted by molar-refractivity contribution is 6.30. The normalized spacial score (nSPS) is 12.4. The lowest BCUT2D eigenvalue weighted by Crippen LogP contribution is -1.96. The van der Waals surface area contributed by atoms with Gasteiger partial charge in [0.2, 0.25) is 0 Å². The number of ether oxygens (including phenoxy) is 1. The zero-order chi connectivity index (χ0) is 13.7. The largest absolute Gasteiger partial charge is 0.384 e. The summed E-state index contributed by atoms with van der Waals surface area (Å²) in [6.07, 6.45) is 0.921. The van der Waals surface area contributed by atoms with Crippen molar-refractivity contribution < 1.29 is 4.74 Å². The van der Waals surface area contributed by atoms with Crippen LogP contribution >= 0.6 is 23.2 Å². The average Bonchev–Trinajstić information content (AvgIpc) is 2.46. The van der Waals surface area contributed by atoms with Crippen molar-refractivity contribution in [2.24, 2.45) is 0 Å². The number of benzene rings is 2. The van der Waals surface area contributed by atoms with Gasteiger partial charge in [0.15, 0.2) is 0 Å². The maximum absolute atomic E-state index is 6.47. The van der Waals surface area contributed by atoms with Crippen LogP contribution in [0.5, 0.6) is 0 Å². The van der Waals surface area contributed by atoms with Crippen LogP contribution in [-0.2, 0) is 11.2 Å². The van der Waals surface area contributed by atoms with Gasteiger partial charge in [0, 0.05) is 12.1 Å². The lowest BCUT2D eigenvalue weighted by atomic mass is 10.0. The molecule has 0 N–H and O–H groups in total. The predicted octanol–water partition coefficient (Wildman–Crippen LogP) is 4.86. The number of methoxy groups -OCH3 is 1. The van der Waals surface area contributed by atoms with Crippen LogP contribution in [0.2, 0.25) is 5.02 Å². The maximum atomic E-state index is 6.47. The molecule has 1 nitrogen and oxygen atoms in total. The molecule has 0 saturated heterocycles. The van der Waals surface area contributed by atoms with Crippen molar-refractivity contribution in [2.75, 3.05) is 13.7 Å². The van der Waals surface area contributed by atoms with Gasteiger partial charge in [-0.15, -0.1) is 11.6 Å². The van der Waals surface area contributed by atoms with E-state index < -0.39 is 0 Å². The molecule has 0 aliphatic heterocycles. The Morgan fingerprint density at radius 2 is 1.47 bits per heavy atom. The lowest BCUT2D eigenvalue weighted by Gasteiger charge is -2.11. The number of halogens is 2. The van der Waals surface area contributed by atoms with Gasteiger partial charge in [-0.25, -0.2) is 0 Å². The van der Waals surface area contributed by atoms with Gasteiger partial charge in [0.1, 0.15) is 0 Å². The van der Waals surface area contributed by atoms with Crippen molar-refractivity contribution in [3.63, 3.8) is 0 Å². The third-order valence-electron chi connectivity index (χ3n) is 3.03. The first-order valence-corrected chi connectivity index (χ1v) is 6.99. The molecule has 100 valence electrons. The standard InChI is InChI=1S/C16H16Cl2O/c1-19-11-10-12-2-4-13(5-3-12)16(18)14-6-8-15(17)9-7-14/h2-9,16H,10-11H2,1H3. The van der Waals surface area contributed by atoms with Gasteiger partial charge in [-0.3, -0.25) is 0 Å². The lowest BCUT2D eigenvalue weighted by molar-refractivity contribution is 0.202. The third-order valence-corrected chi connectivity index (χ3v) is 3.79. The fraction of sp³-hybridized carbons (Fsp3) is 0.250. The summed E-state index contributed by atoms with van der Waals surface area (Å²) in [6, 6.07) is 16.0. The van der Waals surface area contributed by atoms with Gasteiger partial charge in [0.05, 0.1) is 12.0 Å². The molecule has 1 atom stereocenters. The summed E-state index contributed by atoms with van der Waals surface area (Å²) in [5, 5.41) is 0.580. The van der Waals surface area contributed by atoms with Crippen LogP contribution in [0.1, 0.15) is 22.1 Å². The van der Waals surface area contributed by atoms with E-state index in [4.69, 9.17) is 27.9 Å². The maximum Gasteiger partial charge on any atom is 0.0835 e. The molecule has 0 amide bonds. The smallest absolute Gasteiger partial charge is 0.0835 e. The van der Waals surface area contributed by atoms with Crippen molar-refractivity contribution in [2.45, 2.75) is 11.8 Å². The summed E-state index contributed by atoms with van der Waals surface area (Å²) in [6.45, 7) is 0.737. The van der Waals surface area contributed by atoms with E-state index in [0.717, 1.165) is 29.2 Å². The van der Waals surface area contributed by atoms with Crippen LogP contribution < -0.4 is 0 Å². The van der Waals surface area contributed by atoms with Crippen LogP contribution in [0, 0.1) is 0 Å². The first-order chi connectivity index (χ1) is 9.20. The first-order valence-electron chi connectivity index (χ1n) is 6.18. The van der Waals surface area contributed by atoms with E-state index in [2.05, 4.69) is 24.3 Å². The van der Waals surface area contributed by atoms with Gasteiger partial charge in [-0.1, -0.05) is 48.0 Å². The predicted molar refractivity (Wildman–Crippen MR) is 81.2 cm³/mol. The monoisotopic (exact) mass is 294 g/mol. The second kappa shape index (κ2) is 6.95. The molecule has 0 bridgehead atoms. The van der Waals surface area contributed by atoms with Crippen LogP contribution in [0.3, 0.4) is 0 Å². The number of alkyl halides is 1. The van der Waals surface area contributed by atoms with Gasteiger partial charge in [-0.2, -0.15) is 0 Å². The topological polar surface area (TPSA) is 9.23 Å². The third kappa shape index (κ3) is 3.97. The zero-order valence-corrected chi connectivity index (χ0v) is 12.3. The van der Waals surface area contributed by atoms with E-state index in [9.17, 15) is 0 Å². The second-order valence-corrected chi connectivity index (χ2v) is 5.27. The molecule has 0 fully saturated rings. The Hall–Kier alpha value is -1.02. The zero-order valence-electron chi connectivity index (χ0n) is 10.8. The fourth-order valence-electron chi connectivity index (χ4n) is 1.90. The Balaban J connectivity index is 2.10. The molecule has 3 heteroatoms. The Morgan fingerprint density at radius 1 is 0.947 bits per heavy atom. The van der Waals surface area contributed by atoms with E-state index in [1.165, 1.54) is 5.56 Å². The van der Waals surface area contributed by atoms with Gasteiger partial charge >= 0.3 is 0 Å². The summed E-state index contributed by atoms with van der Waals surface area (Å²) in [5.74, 6) is 0. The molecule has 0 heterocycles. The molecule has 2 rings (SSSR count). The average molecular weight is 295 g/mol. The molecule has 2 aromatic carbocycles. The Labute approximate surface area is 124 Å². The summed E-state index contributed by atoms with van der Waals surface area (Å²) in [7, 11) is 1.71. The quantitative estimate of drug-likeness (QED) is 0.716. The Kier molecular flexibility index (Phi) is 5.26. The molecule has 2 aromatic rings. The summed E-state index contributed by atoms with van der Waals surface area (Å²) >= 11 is 12.3. The molecule has 0 spiro atoms. The molecule has 0 aliphatic carbocycles. The molecular weight excluding hydrogens is 279 g/mol. The van der Waals surface area contributed by atoms with Gasteiger partial charge in [0.25, 0.3) is 0 Å². The van der Waals surface area contributed by atoms with E-state index in [1.54, 1.807) is 7.11 Å². The molecular formula is C16H16Cl2O. The Bertz CT molecular complexity index is 505. The highest BCUT2D eigenvalue weighted by atomic mass is 35.5. The second-order valence-electron chi connectivity index (χ2n) is 4.40. The van der Waals surface area contributed by atoms with Crippen molar-refractivity contribution in [3.05, 3.63) is 70.2 Å². The van der Waals surface area contributed by atoms with Crippen molar-refractivity contribution in [1.29, 1.82) is 0 Å². The van der Waals surface area contributed by atoms with E-state index in [1.807, 2.05) is 24.3 Å². The van der Waals surface area contributed by atoms with Crippen LogP contribution in [-0.4, -0.2) is 13.7 Å². The molecule has 19 heavy (non-hydrogen) atoms. The minimum atomic E-state index is -0.145. The van der Waals surface area contributed by atoms with Crippen molar-refractivity contribution in [1.82, 2.24) is 0 Å². The molecule has 0 radical (unpaired) electrons. The molecule has 0 saturated carbocycles. The minimum Gasteiger partial charge on any atom is -0.384 e. The minimum absolute atomic E-state index is 0.145. The number of hydrogen-bond donors (Lipinski definition) is 0.